The average molecular weight is 2100 g/mol. The molecule has 11 heterocycles. The Bertz CT molecular complexity index is 7030. The molecule has 4 amide bonds. The Hall–Kier alpha value is -12.2. The van der Waals surface area contributed by atoms with Gasteiger partial charge in [-0.25, -0.2) is 68.6 Å². The van der Waals surface area contributed by atoms with Gasteiger partial charge in [0.25, 0.3) is 46.0 Å². The third-order valence-electron chi connectivity index (χ3n) is 24.2. The number of benzene rings is 8. The Balaban J connectivity index is 0.000000196. The van der Waals surface area contributed by atoms with Crippen LogP contribution in [0.4, 0.5) is 63.5 Å². The smallest absolute Gasteiger partial charge is 0.416 e. The van der Waals surface area contributed by atoms with E-state index in [0.29, 0.717) is 53.6 Å². The Morgan fingerprint density at radius 1 is 0.511 bits per heavy atom. The lowest BCUT2D eigenvalue weighted by molar-refractivity contribution is -0.138. The summed E-state index contributed by atoms with van der Waals surface area (Å²) in [4.78, 5) is 96.5. The molecule has 4 saturated heterocycles. The second-order valence-corrected chi connectivity index (χ2v) is 44.0. The van der Waals surface area contributed by atoms with Crippen molar-refractivity contribution in [2.24, 2.45) is 0 Å². The molecule has 6 aliphatic rings. The first-order valence-electron chi connectivity index (χ1n) is 44.1. The molecule has 5 aromatic heterocycles. The minimum absolute atomic E-state index is 0. The zero-order chi connectivity index (χ0) is 97.9. The van der Waals surface area contributed by atoms with Gasteiger partial charge in [-0.15, -0.1) is 34.0 Å². The summed E-state index contributed by atoms with van der Waals surface area (Å²) < 4.78 is 156. The van der Waals surface area contributed by atoms with E-state index in [1.165, 1.54) is 106 Å². The van der Waals surface area contributed by atoms with Crippen molar-refractivity contribution in [2.45, 2.75) is 115 Å². The number of piperazine rings is 2. The maximum absolute atomic E-state index is 13.4. The number of aromatic nitrogens is 7. The van der Waals surface area contributed by atoms with Crippen LogP contribution in [-0.2, 0) is 84.8 Å². The summed E-state index contributed by atoms with van der Waals surface area (Å²) in [5.74, 6) is -0.173. The maximum Gasteiger partial charge on any atom is 0.416 e. The van der Waals surface area contributed by atoms with Crippen LogP contribution in [0.25, 0.3) is 10.2 Å². The summed E-state index contributed by atoms with van der Waals surface area (Å²) >= 11 is 22.4. The Kier molecular flexibility index (Phi) is 31.3. The van der Waals surface area contributed by atoms with Gasteiger partial charge >= 0.3 is 6.18 Å². The first kappa shape index (κ1) is 99.8. The highest BCUT2D eigenvalue weighted by atomic mass is 35.5. The molecule has 13 aromatic rings. The van der Waals surface area contributed by atoms with E-state index < -0.39 is 69.9 Å². The molecule has 4 N–H and O–H groups in total. The Labute approximate surface area is 837 Å². The molecule has 0 saturated carbocycles. The number of likely N-dealkylation sites (tertiary alicyclic amines) is 1. The van der Waals surface area contributed by atoms with Gasteiger partial charge in [0.05, 0.1) is 46.9 Å². The molecule has 738 valence electrons. The quantitative estimate of drug-likeness (QED) is 0.0436. The molecule has 4 fully saturated rings. The van der Waals surface area contributed by atoms with Crippen LogP contribution in [0.5, 0.6) is 5.75 Å². The summed E-state index contributed by atoms with van der Waals surface area (Å²) in [7, 11) is -15.0. The van der Waals surface area contributed by atoms with Crippen molar-refractivity contribution in [3.63, 3.8) is 0 Å². The molecule has 0 aliphatic carbocycles. The van der Waals surface area contributed by atoms with Crippen LogP contribution < -0.4 is 48.1 Å². The number of ether oxygens (including phenoxy) is 1. The molecule has 3 atom stereocenters. The number of alkyl halides is 3. The fraction of sp³-hybridized carbons (Fsp3) is 0.287. The van der Waals surface area contributed by atoms with E-state index in [4.69, 9.17) is 44.5 Å². The van der Waals surface area contributed by atoms with Crippen molar-refractivity contribution in [2.75, 3.05) is 122 Å². The van der Waals surface area contributed by atoms with Gasteiger partial charge in [-0.1, -0.05) is 59.1 Å². The molecular weight excluding hydrogens is 1990 g/mol. The summed E-state index contributed by atoms with van der Waals surface area (Å²) in [5, 5.41) is 6.44. The van der Waals surface area contributed by atoms with E-state index in [1.807, 2.05) is 91.5 Å². The second-order valence-electron chi connectivity index (χ2n) is 33.1. The number of rotatable bonds is 24. The molecule has 8 aromatic carbocycles. The number of carbonyl (C=O) groups is 4. The number of hydrogen-bond donors (Lipinski definition) is 4. The monoisotopic (exact) mass is 2090 g/mol. The van der Waals surface area contributed by atoms with E-state index in [-0.39, 0.29) is 99.0 Å². The first-order valence-corrected chi connectivity index (χ1v) is 53.8. The van der Waals surface area contributed by atoms with Crippen LogP contribution in [0.15, 0.2) is 256 Å². The van der Waals surface area contributed by atoms with Gasteiger partial charge in [0.15, 0.2) is 16.4 Å². The molecule has 0 spiro atoms. The number of nitrogens with one attached hydrogen (secondary N) is 4. The largest absolute Gasteiger partial charge is 0.479 e. The van der Waals surface area contributed by atoms with Gasteiger partial charge < -0.3 is 39.0 Å². The molecule has 45 heteroatoms. The zero-order valence-corrected chi connectivity index (χ0v) is 82.6. The minimum atomic E-state index is -4.58. The number of amides is 4. The highest BCUT2D eigenvalue weighted by Gasteiger charge is 2.40. The first-order chi connectivity index (χ1) is 66.6. The van der Waals surface area contributed by atoms with E-state index in [9.17, 15) is 66.0 Å². The van der Waals surface area contributed by atoms with Crippen LogP contribution in [-0.4, -0.2) is 204 Å². The second kappa shape index (κ2) is 43.7. The minimum Gasteiger partial charge on any atom is -0.479 e. The number of nitrogens with zero attached hydrogens (tertiary/aromatic N) is 15. The van der Waals surface area contributed by atoms with Gasteiger partial charge in [-0.05, 0) is 239 Å². The normalized spacial score (nSPS) is 16.6. The number of halogens is 6. The number of piperidine rings is 1. The zero-order valence-electron chi connectivity index (χ0n) is 74.6. The lowest BCUT2D eigenvalue weighted by atomic mass is 9.89. The van der Waals surface area contributed by atoms with Crippen LogP contribution >= 0.6 is 68.8 Å². The highest BCUT2D eigenvalue weighted by molar-refractivity contribution is 7.93. The van der Waals surface area contributed by atoms with Crippen LogP contribution in [0.1, 0.15) is 87.7 Å². The lowest BCUT2D eigenvalue weighted by Crippen LogP contribution is -2.57. The number of para-hydroxylation sites is 1. The molecule has 32 nitrogen and oxygen atoms in total. The number of fused-ring (bicyclic) bond motifs is 3. The Morgan fingerprint density at radius 2 is 1.01 bits per heavy atom. The number of anilines is 9. The van der Waals surface area contributed by atoms with Crippen molar-refractivity contribution in [3.8, 4) is 5.75 Å². The van der Waals surface area contributed by atoms with E-state index >= 15 is 0 Å². The summed E-state index contributed by atoms with van der Waals surface area (Å²) in [6, 6.07) is 50.6. The van der Waals surface area contributed by atoms with Gasteiger partial charge in [-0.2, -0.15) is 13.2 Å². The standard InChI is InChI=1S/C26H27ClN6O4S.C26H29ClN4O3S2.C22H22N6O2S2.C20H15ClF3N3O4S2.6H2/c1-18(32-12-2-3-19-15-20(27)4-9-23(19)32)26(35)31-13-14-33(25(34)16-31)21-5-7-22(8-6-21)38(36,37)30-24-10-11-28-17-29-24;1-18(31-13-2-3-21-17-22(27)6-9-24(21)31)25(32)30-14-10-20(11-15-30)19-4-7-23(8-5-19)36(33,34)29-26-28-12-16-35-26;29-32(30,26-21-9-10-23-16-24-21)18-7-5-17(6-8-18)28-13-11-27(12-14-28)15-22-25-19-3-1-2-4-20(19)31-22;21-15-6-1-12(20(22,23)24)11-17(15)31-16-7-9-27(18(16)28)13-2-4-14(5-3-13)33(29,30)26-19-25-8-10-32-19;;;;;;/h4-11,15,17-18H,2-3,12-14,16H2,1H3,(H,28,29,30);4-9,12,16-18,20H,2-3,10-11,13-15H2,1H3,(H,28,29);1-10,16H,11-15H2,(H,23,24,26);1-6,8,10-11,16H,7,9H2,(H,25,26);6*1H/t2*18-;;;;;;;;/m11......../s1. The van der Waals surface area contributed by atoms with Crippen molar-refractivity contribution in [3.05, 3.63) is 279 Å². The molecular formula is C94H105Cl3F3N19O13S7. The maximum atomic E-state index is 13.4. The van der Waals surface area contributed by atoms with Crippen molar-refractivity contribution in [1.29, 1.82) is 0 Å². The average Bonchev–Trinajstić information content (AvgIpc) is 1.67. The number of carbonyl (C=O) groups excluding carboxylic acids is 4. The number of thiazole rings is 3. The molecule has 1 unspecified atom stereocenters. The van der Waals surface area contributed by atoms with Crippen molar-refractivity contribution in [1.82, 2.24) is 49.6 Å². The molecule has 139 heavy (non-hydrogen) atoms. The molecule has 6 aliphatic heterocycles. The van der Waals surface area contributed by atoms with Gasteiger partial charge in [0, 0.05) is 161 Å². The fourth-order valence-electron chi connectivity index (χ4n) is 17.0. The summed E-state index contributed by atoms with van der Waals surface area (Å²) in [6.07, 6.45) is 8.68. The predicted molar refractivity (Wildman–Crippen MR) is 546 cm³/mol. The highest BCUT2D eigenvalue weighted by Crippen LogP contribution is 2.40. The van der Waals surface area contributed by atoms with Crippen molar-refractivity contribution < 1.29 is 79.3 Å². The van der Waals surface area contributed by atoms with E-state index in [2.05, 4.69) is 80.5 Å². The summed E-state index contributed by atoms with van der Waals surface area (Å²) in [6.45, 7) is 12.3. The molecule has 0 radical (unpaired) electrons. The van der Waals surface area contributed by atoms with E-state index in [1.54, 1.807) is 74.5 Å². The van der Waals surface area contributed by atoms with Gasteiger partial charge in [-0.3, -0.25) is 43.0 Å². The van der Waals surface area contributed by atoms with Gasteiger partial charge in [0.2, 0.25) is 17.7 Å². The van der Waals surface area contributed by atoms with Gasteiger partial charge in [0.1, 0.15) is 53.7 Å². The summed E-state index contributed by atoms with van der Waals surface area (Å²) in [5.41, 5.74) is 7.70. The Morgan fingerprint density at radius 3 is 1.50 bits per heavy atom. The van der Waals surface area contributed by atoms with Crippen LogP contribution in [0.2, 0.25) is 15.1 Å². The fourth-order valence-corrected chi connectivity index (χ4v) is 24.2. The third kappa shape index (κ3) is 24.6. The molecule has 0 bridgehead atoms. The number of sulfonamides is 4. The van der Waals surface area contributed by atoms with Crippen LogP contribution in [0.3, 0.4) is 0 Å². The van der Waals surface area contributed by atoms with E-state index in [0.717, 1.165) is 158 Å². The third-order valence-corrected chi connectivity index (χ3v) is 33.1. The molecule has 19 rings (SSSR count). The van der Waals surface area contributed by atoms with Crippen molar-refractivity contribution >= 4 is 193 Å². The predicted octanol–water partition coefficient (Wildman–Crippen LogP) is 17.6. The number of aryl methyl sites for hydroxylation is 2. The SMILES string of the molecule is C[C@H](C(=O)N1CCC(c2ccc(S(=O)(=O)Nc3nccs3)cc2)CC1)N1CCCc2cc(Cl)ccc21.C[C@H](C(=O)N1CCN(c2ccc(S(=O)(=O)Nc3ccncn3)cc2)C(=O)C1)N1CCCc2cc(Cl)ccc21.O=C1C(Oc2cc(C(F)(F)F)ccc2Cl)CCN1c1ccc(S(=O)(=O)Nc2nccs2)cc1.O=S(=O)(Nc1ccncn1)c1ccc(N2CCN(Cc3nc4ccccc4s3)CC2)cc1.[HH].[HH].[HH].[HH].[HH].[HH]. The van der Waals surface area contributed by atoms with Crippen LogP contribution in [0, 0.1) is 0 Å². The number of hydrogen-bond acceptors (Lipinski definition) is 27. The lowest BCUT2D eigenvalue weighted by Gasteiger charge is -2.40. The topological polar surface area (TPSA) is 378 Å².